The van der Waals surface area contributed by atoms with E-state index in [0.29, 0.717) is 28.7 Å². The number of amidine groups is 1. The predicted molar refractivity (Wildman–Crippen MR) is 135 cm³/mol. The number of H-pyrrole nitrogens is 1. The van der Waals surface area contributed by atoms with Crippen molar-refractivity contribution in [3.05, 3.63) is 117 Å². The minimum absolute atomic E-state index is 0.0257. The van der Waals surface area contributed by atoms with Gasteiger partial charge in [0.2, 0.25) is 5.88 Å². The molecule has 0 fully saturated rings. The molecule has 0 spiro atoms. The third kappa shape index (κ3) is 4.35. The quantitative estimate of drug-likeness (QED) is 0.392. The van der Waals surface area contributed by atoms with E-state index in [4.69, 9.17) is 17.0 Å². The summed E-state index contributed by atoms with van der Waals surface area (Å²) in [6, 6.07) is 25.9. The zero-order valence-electron chi connectivity index (χ0n) is 17.8. The summed E-state index contributed by atoms with van der Waals surface area (Å²) in [5, 5.41) is 11.0. The van der Waals surface area contributed by atoms with E-state index in [2.05, 4.69) is 15.0 Å². The second-order valence-corrected chi connectivity index (χ2v) is 7.76. The van der Waals surface area contributed by atoms with E-state index < -0.39 is 5.56 Å². The number of nitrogens with one attached hydrogen (secondary N) is 1. The van der Waals surface area contributed by atoms with Crippen molar-refractivity contribution < 1.29 is 9.84 Å². The molecule has 0 saturated carbocycles. The van der Waals surface area contributed by atoms with Crippen LogP contribution in [0.15, 0.2) is 105 Å². The number of allylic oxidation sites excluding steroid dienone is 1. The number of para-hydroxylation sites is 1. The summed E-state index contributed by atoms with van der Waals surface area (Å²) in [4.78, 5) is 24.0. The molecule has 34 heavy (non-hydrogen) atoms. The first kappa shape index (κ1) is 21.3. The molecule has 2 heterocycles. The maximum absolute atomic E-state index is 12.6. The number of ether oxygens (including phenoxy) is 1. The van der Waals surface area contributed by atoms with Crippen LogP contribution in [-0.4, -0.2) is 26.7 Å². The molecule has 0 bridgehead atoms. The van der Waals surface area contributed by atoms with Gasteiger partial charge in [0.15, 0.2) is 10.6 Å². The third-order valence-electron chi connectivity index (χ3n) is 5.07. The van der Waals surface area contributed by atoms with Gasteiger partial charge in [-0.05, 0) is 54.7 Å². The molecule has 1 aliphatic rings. The predicted octanol–water partition coefficient (Wildman–Crippen LogP) is 5.27. The highest BCUT2D eigenvalue weighted by molar-refractivity contribution is 7.71. The molecule has 166 valence electrons. The lowest BCUT2D eigenvalue weighted by atomic mass is 10.2. The first-order valence-corrected chi connectivity index (χ1v) is 10.8. The van der Waals surface area contributed by atoms with Crippen molar-refractivity contribution in [2.45, 2.75) is 0 Å². The van der Waals surface area contributed by atoms with Gasteiger partial charge in [-0.1, -0.05) is 48.5 Å². The molecule has 8 heteroatoms. The highest BCUT2D eigenvalue weighted by Gasteiger charge is 2.15. The highest BCUT2D eigenvalue weighted by atomic mass is 32.1. The summed E-state index contributed by atoms with van der Waals surface area (Å²) in [7, 11) is 0. The van der Waals surface area contributed by atoms with E-state index in [-0.39, 0.29) is 16.2 Å². The summed E-state index contributed by atoms with van der Waals surface area (Å²) in [6.07, 6.45) is 3.02. The van der Waals surface area contributed by atoms with Gasteiger partial charge in [-0.15, -0.1) is 0 Å². The summed E-state index contributed by atoms with van der Waals surface area (Å²) in [5.74, 6) is 1.57. The Morgan fingerprint density at radius 2 is 1.56 bits per heavy atom. The molecule has 4 aromatic rings. The van der Waals surface area contributed by atoms with Gasteiger partial charge in [-0.3, -0.25) is 14.3 Å². The van der Waals surface area contributed by atoms with E-state index in [1.54, 1.807) is 30.5 Å². The molecule has 0 radical (unpaired) electrons. The van der Waals surface area contributed by atoms with Gasteiger partial charge < -0.3 is 9.84 Å². The molecule has 0 amide bonds. The average molecular weight is 467 g/mol. The zero-order chi connectivity index (χ0) is 23.5. The molecular weight excluding hydrogens is 448 g/mol. The summed E-state index contributed by atoms with van der Waals surface area (Å²) < 4.78 is 7.26. The van der Waals surface area contributed by atoms with Crippen LogP contribution in [0.25, 0.3) is 11.8 Å². The van der Waals surface area contributed by atoms with Crippen molar-refractivity contribution in [3.63, 3.8) is 0 Å². The maximum atomic E-state index is 12.6. The van der Waals surface area contributed by atoms with Gasteiger partial charge in [0, 0.05) is 5.56 Å². The number of benzene rings is 3. The Morgan fingerprint density at radius 3 is 2.26 bits per heavy atom. The Labute approximate surface area is 199 Å². The minimum atomic E-state index is -0.521. The molecule has 7 nitrogen and oxygen atoms in total. The number of aliphatic imine (C=N–C) groups is 2. The van der Waals surface area contributed by atoms with Crippen LogP contribution >= 0.6 is 12.2 Å². The first-order chi connectivity index (χ1) is 16.6. The van der Waals surface area contributed by atoms with Crippen LogP contribution in [0.4, 0.5) is 0 Å². The number of nitrogens with zero attached hydrogens (tertiary/aromatic N) is 3. The molecule has 2 N–H and O–H groups in total. The van der Waals surface area contributed by atoms with Gasteiger partial charge in [0.05, 0.1) is 17.6 Å². The fourth-order valence-electron chi connectivity index (χ4n) is 3.45. The van der Waals surface area contributed by atoms with Gasteiger partial charge in [0.25, 0.3) is 5.56 Å². The largest absolute Gasteiger partial charge is 0.494 e. The number of aromatic hydroxyl groups is 1. The van der Waals surface area contributed by atoms with E-state index in [9.17, 15) is 9.90 Å². The van der Waals surface area contributed by atoms with E-state index >= 15 is 0 Å². The summed E-state index contributed by atoms with van der Waals surface area (Å²) in [5.41, 5.74) is 1.36. The SMILES string of the molecule is O=c1[nH]c(=S)n(-c2ccc(Oc3ccccc3)cc2)c(O)c1C=C1C=NC(c2ccccc2)=N1. The molecule has 0 saturated heterocycles. The number of hydrogen-bond acceptors (Lipinski definition) is 6. The number of hydrogen-bond donors (Lipinski definition) is 2. The van der Waals surface area contributed by atoms with Crippen LogP contribution in [0.5, 0.6) is 17.4 Å². The Hall–Kier alpha value is -4.56. The van der Waals surface area contributed by atoms with Crippen molar-refractivity contribution in [1.29, 1.82) is 0 Å². The topological polar surface area (TPSA) is 92.0 Å². The maximum Gasteiger partial charge on any atom is 0.262 e. The van der Waals surface area contributed by atoms with E-state index in [0.717, 1.165) is 5.56 Å². The van der Waals surface area contributed by atoms with Crippen LogP contribution in [0.3, 0.4) is 0 Å². The van der Waals surface area contributed by atoms with Gasteiger partial charge >= 0.3 is 0 Å². The van der Waals surface area contributed by atoms with Crippen molar-refractivity contribution in [1.82, 2.24) is 9.55 Å². The molecule has 5 rings (SSSR count). The molecule has 3 aromatic carbocycles. The number of rotatable bonds is 5. The molecule has 0 unspecified atom stereocenters. The van der Waals surface area contributed by atoms with Gasteiger partial charge in [-0.25, -0.2) is 9.98 Å². The average Bonchev–Trinajstić information content (AvgIpc) is 3.33. The Morgan fingerprint density at radius 1 is 0.912 bits per heavy atom. The van der Waals surface area contributed by atoms with Crippen LogP contribution in [0, 0.1) is 4.77 Å². The Kier molecular flexibility index (Phi) is 5.72. The lowest BCUT2D eigenvalue weighted by Crippen LogP contribution is -2.16. The molecule has 0 aliphatic carbocycles. The van der Waals surface area contributed by atoms with E-state index in [1.165, 1.54) is 10.6 Å². The zero-order valence-corrected chi connectivity index (χ0v) is 18.6. The van der Waals surface area contributed by atoms with Crippen LogP contribution in [-0.2, 0) is 0 Å². The smallest absolute Gasteiger partial charge is 0.262 e. The van der Waals surface area contributed by atoms with Crippen LogP contribution in [0.2, 0.25) is 0 Å². The molecule has 1 aliphatic heterocycles. The van der Waals surface area contributed by atoms with Gasteiger partial charge in [-0.2, -0.15) is 0 Å². The summed E-state index contributed by atoms with van der Waals surface area (Å²) in [6.45, 7) is 0. The Balaban J connectivity index is 1.48. The lowest BCUT2D eigenvalue weighted by Gasteiger charge is -2.12. The Bertz CT molecular complexity index is 1550. The second-order valence-electron chi connectivity index (χ2n) is 7.37. The minimum Gasteiger partial charge on any atom is -0.494 e. The third-order valence-corrected chi connectivity index (χ3v) is 5.36. The van der Waals surface area contributed by atoms with Crippen LogP contribution < -0.4 is 10.3 Å². The number of aromatic nitrogens is 2. The van der Waals surface area contributed by atoms with Crippen molar-refractivity contribution in [2.24, 2.45) is 9.98 Å². The monoisotopic (exact) mass is 466 g/mol. The van der Waals surface area contributed by atoms with Crippen molar-refractivity contribution in [3.8, 4) is 23.1 Å². The lowest BCUT2D eigenvalue weighted by molar-refractivity contribution is 0.431. The standard InChI is InChI=1S/C26H18N4O3S/c31-24-22(15-18-16-27-23(28-18)17-7-3-1-4-8-17)25(32)30(26(34)29-24)19-11-13-21(14-12-19)33-20-9-5-2-6-10-20/h1-16,32H,(H,29,31,34). The van der Waals surface area contributed by atoms with Crippen molar-refractivity contribution in [2.75, 3.05) is 0 Å². The highest BCUT2D eigenvalue weighted by Crippen LogP contribution is 2.26. The van der Waals surface area contributed by atoms with E-state index in [1.807, 2.05) is 60.7 Å². The molecule has 0 atom stereocenters. The molecular formula is C26H18N4O3S. The van der Waals surface area contributed by atoms with Gasteiger partial charge in [0.1, 0.15) is 17.1 Å². The first-order valence-electron chi connectivity index (χ1n) is 10.4. The van der Waals surface area contributed by atoms with Crippen molar-refractivity contribution >= 4 is 30.3 Å². The number of aromatic amines is 1. The summed E-state index contributed by atoms with van der Waals surface area (Å²) >= 11 is 5.31. The molecule has 1 aromatic heterocycles. The fourth-order valence-corrected chi connectivity index (χ4v) is 3.73. The fraction of sp³-hybridized carbons (Fsp3) is 0. The second kappa shape index (κ2) is 9.13. The van der Waals surface area contributed by atoms with Crippen LogP contribution in [0.1, 0.15) is 11.1 Å². The normalized spacial score (nSPS) is 13.8.